The Morgan fingerprint density at radius 1 is 1.00 bits per heavy atom. The van der Waals surface area contributed by atoms with E-state index < -0.39 is 0 Å². The molecule has 4 nitrogen and oxygen atoms in total. The van der Waals surface area contributed by atoms with Crippen LogP contribution in [0.4, 0.5) is 0 Å². The number of ether oxygens (including phenoxy) is 3. The highest BCUT2D eigenvalue weighted by Gasteiger charge is 2.22. The Hall–Kier alpha value is -1.42. The molecule has 0 radical (unpaired) electrons. The van der Waals surface area contributed by atoms with Crippen molar-refractivity contribution < 1.29 is 14.2 Å². The van der Waals surface area contributed by atoms with Gasteiger partial charge < -0.3 is 19.5 Å². The lowest BCUT2D eigenvalue weighted by atomic mass is 9.93. The van der Waals surface area contributed by atoms with E-state index in [1.165, 1.54) is 0 Å². The standard InChI is InChI=1S/C14H23NO3/c1-14(2,15-3)9-11-12(17-5)7-10(16-4)8-13(11)18-6/h7-8,15H,9H2,1-6H3. The summed E-state index contributed by atoms with van der Waals surface area (Å²) in [5.74, 6) is 2.30. The molecule has 0 aliphatic rings. The van der Waals surface area contributed by atoms with Gasteiger partial charge in [0, 0.05) is 23.2 Å². The molecule has 1 aromatic rings. The summed E-state index contributed by atoms with van der Waals surface area (Å²) in [6, 6.07) is 3.76. The molecular formula is C14H23NO3. The first-order valence-corrected chi connectivity index (χ1v) is 5.95. The summed E-state index contributed by atoms with van der Waals surface area (Å²) >= 11 is 0. The molecule has 0 aliphatic heterocycles. The van der Waals surface area contributed by atoms with Crippen LogP contribution in [0.2, 0.25) is 0 Å². The molecule has 0 aliphatic carbocycles. The summed E-state index contributed by atoms with van der Waals surface area (Å²) in [7, 11) is 6.89. The van der Waals surface area contributed by atoms with Crippen LogP contribution in [0.25, 0.3) is 0 Å². The minimum Gasteiger partial charge on any atom is -0.496 e. The summed E-state index contributed by atoms with van der Waals surface area (Å²) in [4.78, 5) is 0. The van der Waals surface area contributed by atoms with Crippen molar-refractivity contribution in [2.45, 2.75) is 25.8 Å². The van der Waals surface area contributed by atoms with Gasteiger partial charge in [-0.25, -0.2) is 0 Å². The molecule has 1 N–H and O–H groups in total. The molecule has 0 aromatic heterocycles. The van der Waals surface area contributed by atoms with Crippen LogP contribution < -0.4 is 19.5 Å². The van der Waals surface area contributed by atoms with E-state index in [0.717, 1.165) is 29.2 Å². The maximum absolute atomic E-state index is 5.43. The second-order valence-corrected chi connectivity index (χ2v) is 4.82. The van der Waals surface area contributed by atoms with E-state index in [1.807, 2.05) is 19.2 Å². The summed E-state index contributed by atoms with van der Waals surface area (Å²) in [6.07, 6.45) is 0.805. The quantitative estimate of drug-likeness (QED) is 0.844. The monoisotopic (exact) mass is 253 g/mol. The number of likely N-dealkylation sites (N-methyl/N-ethyl adjacent to an activating group) is 1. The first-order chi connectivity index (χ1) is 8.47. The number of benzene rings is 1. The van der Waals surface area contributed by atoms with Crippen molar-refractivity contribution in [2.75, 3.05) is 28.4 Å². The third-order valence-electron chi connectivity index (χ3n) is 3.11. The Morgan fingerprint density at radius 3 is 1.83 bits per heavy atom. The maximum Gasteiger partial charge on any atom is 0.129 e. The van der Waals surface area contributed by atoms with E-state index in [2.05, 4.69) is 19.2 Å². The fourth-order valence-electron chi connectivity index (χ4n) is 1.78. The van der Waals surface area contributed by atoms with Gasteiger partial charge in [-0.2, -0.15) is 0 Å². The fraction of sp³-hybridized carbons (Fsp3) is 0.571. The normalized spacial score (nSPS) is 11.2. The molecule has 0 saturated carbocycles. The lowest BCUT2D eigenvalue weighted by molar-refractivity contribution is 0.352. The van der Waals surface area contributed by atoms with Gasteiger partial charge >= 0.3 is 0 Å². The molecule has 4 heteroatoms. The van der Waals surface area contributed by atoms with E-state index in [4.69, 9.17) is 14.2 Å². The third kappa shape index (κ3) is 3.29. The van der Waals surface area contributed by atoms with Crippen LogP contribution >= 0.6 is 0 Å². The van der Waals surface area contributed by atoms with Gasteiger partial charge in [-0.3, -0.25) is 0 Å². The molecule has 1 aromatic carbocycles. The molecule has 0 bridgehead atoms. The second kappa shape index (κ2) is 5.96. The molecule has 0 fully saturated rings. The van der Waals surface area contributed by atoms with Crippen molar-refractivity contribution in [1.82, 2.24) is 5.32 Å². The van der Waals surface area contributed by atoms with Crippen LogP contribution in [0.15, 0.2) is 12.1 Å². The molecule has 18 heavy (non-hydrogen) atoms. The predicted molar refractivity (Wildman–Crippen MR) is 72.9 cm³/mol. The summed E-state index contributed by atoms with van der Waals surface area (Å²) in [5, 5.41) is 3.28. The lowest BCUT2D eigenvalue weighted by Gasteiger charge is -2.26. The van der Waals surface area contributed by atoms with Crippen LogP contribution in [0.5, 0.6) is 17.2 Å². The number of rotatable bonds is 6. The zero-order chi connectivity index (χ0) is 13.8. The van der Waals surface area contributed by atoms with E-state index in [1.54, 1.807) is 21.3 Å². The van der Waals surface area contributed by atoms with Crippen LogP contribution in [0.1, 0.15) is 19.4 Å². The van der Waals surface area contributed by atoms with Crippen molar-refractivity contribution in [3.05, 3.63) is 17.7 Å². The van der Waals surface area contributed by atoms with E-state index in [0.29, 0.717) is 0 Å². The van der Waals surface area contributed by atoms with Crippen molar-refractivity contribution in [2.24, 2.45) is 0 Å². The number of hydrogen-bond donors (Lipinski definition) is 1. The van der Waals surface area contributed by atoms with Crippen LogP contribution in [0.3, 0.4) is 0 Å². The first-order valence-electron chi connectivity index (χ1n) is 5.95. The Morgan fingerprint density at radius 2 is 1.50 bits per heavy atom. The average Bonchev–Trinajstić information content (AvgIpc) is 2.38. The van der Waals surface area contributed by atoms with Gasteiger partial charge in [0.25, 0.3) is 0 Å². The summed E-state index contributed by atoms with van der Waals surface area (Å²) < 4.78 is 16.1. The van der Waals surface area contributed by atoms with Crippen molar-refractivity contribution >= 4 is 0 Å². The van der Waals surface area contributed by atoms with E-state index in [9.17, 15) is 0 Å². The SMILES string of the molecule is CNC(C)(C)Cc1c(OC)cc(OC)cc1OC. The second-order valence-electron chi connectivity index (χ2n) is 4.82. The zero-order valence-corrected chi connectivity index (χ0v) is 12.1. The Labute approximate surface area is 109 Å². The Bertz CT molecular complexity index is 377. The van der Waals surface area contributed by atoms with Gasteiger partial charge in [-0.15, -0.1) is 0 Å². The zero-order valence-electron chi connectivity index (χ0n) is 12.1. The maximum atomic E-state index is 5.43. The number of nitrogens with one attached hydrogen (secondary N) is 1. The molecule has 0 amide bonds. The molecule has 0 atom stereocenters. The molecule has 0 unspecified atom stereocenters. The smallest absolute Gasteiger partial charge is 0.129 e. The van der Waals surface area contributed by atoms with Gasteiger partial charge in [0.05, 0.1) is 21.3 Å². The third-order valence-corrected chi connectivity index (χ3v) is 3.11. The minimum atomic E-state index is -0.0326. The van der Waals surface area contributed by atoms with Gasteiger partial charge in [-0.05, 0) is 27.3 Å². The highest BCUT2D eigenvalue weighted by Crippen LogP contribution is 2.36. The Balaban J connectivity index is 3.23. The summed E-state index contributed by atoms with van der Waals surface area (Å²) in [6.45, 7) is 4.27. The summed E-state index contributed by atoms with van der Waals surface area (Å²) in [5.41, 5.74) is 1.01. The highest BCUT2D eigenvalue weighted by atomic mass is 16.5. The average molecular weight is 253 g/mol. The minimum absolute atomic E-state index is 0.0326. The van der Waals surface area contributed by atoms with E-state index >= 15 is 0 Å². The largest absolute Gasteiger partial charge is 0.496 e. The molecule has 0 saturated heterocycles. The van der Waals surface area contributed by atoms with Crippen molar-refractivity contribution in [1.29, 1.82) is 0 Å². The van der Waals surface area contributed by atoms with Gasteiger partial charge in [-0.1, -0.05) is 0 Å². The van der Waals surface area contributed by atoms with Gasteiger partial charge in [0.15, 0.2) is 0 Å². The van der Waals surface area contributed by atoms with Crippen LogP contribution in [-0.4, -0.2) is 33.9 Å². The van der Waals surface area contributed by atoms with Gasteiger partial charge in [0.1, 0.15) is 17.2 Å². The molecular weight excluding hydrogens is 230 g/mol. The fourth-order valence-corrected chi connectivity index (χ4v) is 1.78. The first kappa shape index (κ1) is 14.6. The number of methoxy groups -OCH3 is 3. The predicted octanol–water partition coefficient (Wildman–Crippen LogP) is 2.25. The molecule has 0 heterocycles. The van der Waals surface area contributed by atoms with Crippen LogP contribution in [-0.2, 0) is 6.42 Å². The molecule has 1 rings (SSSR count). The lowest BCUT2D eigenvalue weighted by Crippen LogP contribution is -2.38. The number of hydrogen-bond acceptors (Lipinski definition) is 4. The van der Waals surface area contributed by atoms with Crippen LogP contribution in [0, 0.1) is 0 Å². The highest BCUT2D eigenvalue weighted by molar-refractivity contribution is 5.51. The topological polar surface area (TPSA) is 39.7 Å². The van der Waals surface area contributed by atoms with Gasteiger partial charge in [0.2, 0.25) is 0 Å². The Kier molecular flexibility index (Phi) is 4.84. The van der Waals surface area contributed by atoms with E-state index in [-0.39, 0.29) is 5.54 Å². The van der Waals surface area contributed by atoms with Crippen molar-refractivity contribution in [3.63, 3.8) is 0 Å². The molecule has 0 spiro atoms. The molecule has 102 valence electrons. The van der Waals surface area contributed by atoms with Crippen molar-refractivity contribution in [3.8, 4) is 17.2 Å².